The average molecular weight is 182 g/mol. The van der Waals surface area contributed by atoms with E-state index in [0.717, 1.165) is 44.9 Å². The Balaban J connectivity index is 1.79. The summed E-state index contributed by atoms with van der Waals surface area (Å²) in [6.07, 6.45) is 4.34. The Morgan fingerprint density at radius 3 is 2.77 bits per heavy atom. The van der Waals surface area contributed by atoms with Crippen LogP contribution in [0.1, 0.15) is 25.7 Å². The Kier molecular flexibility index (Phi) is 2.83. The molecule has 0 aromatic carbocycles. The third kappa shape index (κ3) is 2.21. The molecule has 0 spiro atoms. The van der Waals surface area contributed by atoms with Gasteiger partial charge in [0.05, 0.1) is 0 Å². The van der Waals surface area contributed by atoms with Crippen molar-refractivity contribution in [3.63, 3.8) is 0 Å². The summed E-state index contributed by atoms with van der Waals surface area (Å²) >= 11 is 0. The predicted molar refractivity (Wildman–Crippen MR) is 51.4 cm³/mol. The third-order valence-corrected chi connectivity index (χ3v) is 3.11. The highest BCUT2D eigenvalue weighted by atomic mass is 16.2. The van der Waals surface area contributed by atoms with Crippen LogP contribution in [0.2, 0.25) is 0 Å². The van der Waals surface area contributed by atoms with Gasteiger partial charge in [0.2, 0.25) is 5.91 Å². The average Bonchev–Trinajstić information content (AvgIpc) is 2.54. The van der Waals surface area contributed by atoms with Crippen LogP contribution in [-0.4, -0.2) is 37.0 Å². The number of likely N-dealkylation sites (tertiary alicyclic amines) is 1. The summed E-state index contributed by atoms with van der Waals surface area (Å²) in [5.41, 5.74) is 0. The number of carbonyl (C=O) groups is 1. The molecular formula is C10H18N2O. The monoisotopic (exact) mass is 182 g/mol. The summed E-state index contributed by atoms with van der Waals surface area (Å²) in [6, 6.07) is 0. The topological polar surface area (TPSA) is 32.3 Å². The van der Waals surface area contributed by atoms with Crippen molar-refractivity contribution < 1.29 is 4.79 Å². The quantitative estimate of drug-likeness (QED) is 0.678. The van der Waals surface area contributed by atoms with E-state index in [0.29, 0.717) is 5.91 Å². The number of nitrogens with one attached hydrogen (secondary N) is 1. The van der Waals surface area contributed by atoms with Crippen LogP contribution < -0.4 is 5.32 Å². The fourth-order valence-electron chi connectivity index (χ4n) is 2.27. The van der Waals surface area contributed by atoms with Crippen LogP contribution >= 0.6 is 0 Å². The minimum absolute atomic E-state index is 0.374. The first kappa shape index (κ1) is 9.00. The molecule has 0 unspecified atom stereocenters. The van der Waals surface area contributed by atoms with Gasteiger partial charge in [-0.15, -0.1) is 0 Å². The number of hydrogen-bond acceptors (Lipinski definition) is 2. The molecule has 2 saturated heterocycles. The molecule has 0 saturated carbocycles. The summed E-state index contributed by atoms with van der Waals surface area (Å²) in [6.45, 7) is 4.28. The molecule has 0 aliphatic carbocycles. The molecule has 74 valence electrons. The van der Waals surface area contributed by atoms with Crippen LogP contribution in [-0.2, 0) is 4.79 Å². The molecule has 2 aliphatic rings. The van der Waals surface area contributed by atoms with Crippen LogP contribution in [0.25, 0.3) is 0 Å². The highest BCUT2D eigenvalue weighted by Gasteiger charge is 2.23. The number of hydrogen-bond donors (Lipinski definition) is 1. The number of rotatable bonds is 2. The Bertz CT molecular complexity index is 187. The Labute approximate surface area is 79.5 Å². The van der Waals surface area contributed by atoms with E-state index in [9.17, 15) is 4.79 Å². The van der Waals surface area contributed by atoms with Crippen LogP contribution in [0, 0.1) is 5.92 Å². The van der Waals surface area contributed by atoms with E-state index in [4.69, 9.17) is 0 Å². The first-order valence-corrected chi connectivity index (χ1v) is 5.35. The first-order chi connectivity index (χ1) is 6.36. The fraction of sp³-hybridized carbons (Fsp3) is 0.900. The van der Waals surface area contributed by atoms with Crippen LogP contribution in [0.5, 0.6) is 0 Å². The lowest BCUT2D eigenvalue weighted by molar-refractivity contribution is -0.128. The summed E-state index contributed by atoms with van der Waals surface area (Å²) in [4.78, 5) is 13.4. The Morgan fingerprint density at radius 2 is 2.15 bits per heavy atom. The van der Waals surface area contributed by atoms with Crippen molar-refractivity contribution in [2.24, 2.45) is 5.92 Å². The number of nitrogens with zero attached hydrogens (tertiary/aromatic N) is 1. The van der Waals surface area contributed by atoms with Crippen LogP contribution in [0.3, 0.4) is 0 Å². The van der Waals surface area contributed by atoms with Crippen molar-refractivity contribution in [2.75, 3.05) is 26.2 Å². The van der Waals surface area contributed by atoms with E-state index in [1.807, 2.05) is 0 Å². The second-order valence-electron chi connectivity index (χ2n) is 4.14. The molecule has 0 aromatic rings. The standard InChI is InChI=1S/C10H18N2O/c13-10-2-1-7-12(10)8-9-3-5-11-6-4-9/h9,11H,1-8H2. The smallest absolute Gasteiger partial charge is 0.222 e. The maximum Gasteiger partial charge on any atom is 0.222 e. The second kappa shape index (κ2) is 4.09. The van der Waals surface area contributed by atoms with Crippen molar-refractivity contribution in [2.45, 2.75) is 25.7 Å². The molecule has 13 heavy (non-hydrogen) atoms. The zero-order valence-electron chi connectivity index (χ0n) is 8.09. The molecule has 2 rings (SSSR count). The molecule has 2 fully saturated rings. The second-order valence-corrected chi connectivity index (χ2v) is 4.14. The number of amides is 1. The molecule has 1 amide bonds. The van der Waals surface area contributed by atoms with Gasteiger partial charge in [-0.25, -0.2) is 0 Å². The lowest BCUT2D eigenvalue weighted by Crippen LogP contribution is -2.36. The number of carbonyl (C=O) groups excluding carboxylic acids is 1. The number of piperidine rings is 1. The van der Waals surface area contributed by atoms with E-state index in [2.05, 4.69) is 10.2 Å². The van der Waals surface area contributed by atoms with Gasteiger partial charge in [-0.2, -0.15) is 0 Å². The molecule has 2 heterocycles. The van der Waals surface area contributed by atoms with Gasteiger partial charge >= 0.3 is 0 Å². The lowest BCUT2D eigenvalue weighted by Gasteiger charge is -2.27. The maximum absolute atomic E-state index is 11.4. The fourth-order valence-corrected chi connectivity index (χ4v) is 2.27. The van der Waals surface area contributed by atoms with Gasteiger partial charge in [-0.1, -0.05) is 0 Å². The van der Waals surface area contributed by atoms with E-state index in [1.54, 1.807) is 0 Å². The highest BCUT2D eigenvalue weighted by Crippen LogP contribution is 2.17. The lowest BCUT2D eigenvalue weighted by atomic mass is 9.98. The van der Waals surface area contributed by atoms with E-state index >= 15 is 0 Å². The SMILES string of the molecule is O=C1CCCN1CC1CCNCC1. The molecular weight excluding hydrogens is 164 g/mol. The summed E-state index contributed by atoms with van der Waals surface area (Å²) in [5, 5.41) is 3.35. The zero-order chi connectivity index (χ0) is 9.10. The van der Waals surface area contributed by atoms with E-state index in [-0.39, 0.29) is 0 Å². The van der Waals surface area contributed by atoms with Crippen molar-refractivity contribution in [1.29, 1.82) is 0 Å². The van der Waals surface area contributed by atoms with Crippen molar-refractivity contribution >= 4 is 5.91 Å². The summed E-state index contributed by atoms with van der Waals surface area (Å²) in [5.74, 6) is 1.13. The molecule has 0 radical (unpaired) electrons. The summed E-state index contributed by atoms with van der Waals surface area (Å²) in [7, 11) is 0. The maximum atomic E-state index is 11.4. The minimum atomic E-state index is 0.374. The zero-order valence-corrected chi connectivity index (χ0v) is 8.09. The summed E-state index contributed by atoms with van der Waals surface area (Å²) < 4.78 is 0. The third-order valence-electron chi connectivity index (χ3n) is 3.11. The largest absolute Gasteiger partial charge is 0.342 e. The van der Waals surface area contributed by atoms with Crippen molar-refractivity contribution in [3.05, 3.63) is 0 Å². The Hall–Kier alpha value is -0.570. The van der Waals surface area contributed by atoms with Crippen molar-refractivity contribution in [1.82, 2.24) is 10.2 Å². The van der Waals surface area contributed by atoms with E-state index in [1.165, 1.54) is 12.8 Å². The van der Waals surface area contributed by atoms with Gasteiger partial charge in [-0.05, 0) is 38.3 Å². The molecule has 3 nitrogen and oxygen atoms in total. The molecule has 1 N–H and O–H groups in total. The first-order valence-electron chi connectivity index (χ1n) is 5.35. The van der Waals surface area contributed by atoms with Crippen molar-refractivity contribution in [3.8, 4) is 0 Å². The van der Waals surface area contributed by atoms with Gasteiger partial charge in [0.1, 0.15) is 0 Å². The van der Waals surface area contributed by atoms with Gasteiger partial charge < -0.3 is 10.2 Å². The minimum Gasteiger partial charge on any atom is -0.342 e. The van der Waals surface area contributed by atoms with Gasteiger partial charge in [0.15, 0.2) is 0 Å². The van der Waals surface area contributed by atoms with E-state index < -0.39 is 0 Å². The highest BCUT2D eigenvalue weighted by molar-refractivity contribution is 5.78. The normalized spacial score (nSPS) is 25.5. The predicted octanol–water partition coefficient (Wildman–Crippen LogP) is 0.608. The molecule has 0 bridgehead atoms. The van der Waals surface area contributed by atoms with Gasteiger partial charge in [0, 0.05) is 19.5 Å². The van der Waals surface area contributed by atoms with Crippen LogP contribution in [0.15, 0.2) is 0 Å². The molecule has 3 heteroatoms. The van der Waals surface area contributed by atoms with Gasteiger partial charge in [0.25, 0.3) is 0 Å². The Morgan fingerprint density at radius 1 is 1.38 bits per heavy atom. The van der Waals surface area contributed by atoms with Gasteiger partial charge in [-0.3, -0.25) is 4.79 Å². The molecule has 2 aliphatic heterocycles. The van der Waals surface area contributed by atoms with Crippen LogP contribution in [0.4, 0.5) is 0 Å². The molecule has 0 aromatic heterocycles. The molecule has 0 atom stereocenters.